The van der Waals surface area contributed by atoms with E-state index >= 15 is 0 Å². The van der Waals surface area contributed by atoms with E-state index in [0.29, 0.717) is 24.3 Å². The zero-order chi connectivity index (χ0) is 24.6. The molecule has 8 heteroatoms. The minimum Gasteiger partial charge on any atom is -0.508 e. The molecule has 2 aromatic carbocycles. The second-order valence-electron chi connectivity index (χ2n) is 8.69. The molecule has 0 saturated carbocycles. The lowest BCUT2D eigenvalue weighted by Crippen LogP contribution is -2.02. The van der Waals surface area contributed by atoms with Crippen LogP contribution in [0.1, 0.15) is 22.5 Å². The van der Waals surface area contributed by atoms with Gasteiger partial charge in [0.1, 0.15) is 35.0 Å². The highest BCUT2D eigenvalue weighted by atomic mass is 16.3. The van der Waals surface area contributed by atoms with Crippen LogP contribution in [0.15, 0.2) is 72.2 Å². The molecule has 0 saturated heterocycles. The number of nitrogens with zero attached hydrogens (tertiary/aromatic N) is 5. The molecule has 1 aliphatic heterocycles. The molecule has 8 nitrogen and oxygen atoms in total. The smallest absolute Gasteiger partial charge is 0.138 e. The number of benzene rings is 2. The second kappa shape index (κ2) is 8.74. The zero-order valence-corrected chi connectivity index (χ0v) is 19.5. The van der Waals surface area contributed by atoms with E-state index in [1.807, 2.05) is 30.5 Å². The van der Waals surface area contributed by atoms with Crippen LogP contribution < -0.4 is 5.32 Å². The first-order valence-electron chi connectivity index (χ1n) is 11.5. The van der Waals surface area contributed by atoms with Crippen LogP contribution in [-0.2, 0) is 12.8 Å². The first-order valence-corrected chi connectivity index (χ1v) is 11.5. The van der Waals surface area contributed by atoms with E-state index in [9.17, 15) is 10.2 Å². The zero-order valence-electron chi connectivity index (χ0n) is 19.5. The van der Waals surface area contributed by atoms with Gasteiger partial charge < -0.3 is 15.5 Å². The Balaban J connectivity index is 1.44. The first-order chi connectivity index (χ1) is 17.6. The van der Waals surface area contributed by atoms with Gasteiger partial charge in [0.25, 0.3) is 0 Å². The second-order valence-corrected chi connectivity index (χ2v) is 8.69. The summed E-state index contributed by atoms with van der Waals surface area (Å²) in [7, 11) is 0. The Hall–Kier alpha value is -4.85. The SMILES string of the molecule is Cc1ccc2c(Nc3cc(O)cc(O)c3)nccc2c1Cc1ncccc1-c1ncnc2c1N=CC2. The van der Waals surface area contributed by atoms with Crippen molar-refractivity contribution in [2.24, 2.45) is 4.99 Å². The van der Waals surface area contributed by atoms with Gasteiger partial charge in [-0.15, -0.1) is 0 Å². The van der Waals surface area contributed by atoms with Crippen molar-refractivity contribution in [1.29, 1.82) is 0 Å². The van der Waals surface area contributed by atoms with Crippen molar-refractivity contribution in [3.63, 3.8) is 0 Å². The molecule has 6 rings (SSSR count). The molecule has 3 aromatic heterocycles. The van der Waals surface area contributed by atoms with E-state index < -0.39 is 0 Å². The van der Waals surface area contributed by atoms with Gasteiger partial charge in [0.15, 0.2) is 0 Å². The number of hydrogen-bond donors (Lipinski definition) is 3. The lowest BCUT2D eigenvalue weighted by Gasteiger charge is -2.16. The summed E-state index contributed by atoms with van der Waals surface area (Å²) in [4.78, 5) is 22.7. The number of phenolic OH excluding ortho intramolecular Hbond substituents is 2. The van der Waals surface area contributed by atoms with Gasteiger partial charge in [0.2, 0.25) is 0 Å². The third-order valence-corrected chi connectivity index (χ3v) is 6.35. The van der Waals surface area contributed by atoms with Crippen molar-refractivity contribution in [2.45, 2.75) is 19.8 Å². The summed E-state index contributed by atoms with van der Waals surface area (Å²) in [6.45, 7) is 2.09. The van der Waals surface area contributed by atoms with Gasteiger partial charge in [-0.05, 0) is 41.6 Å². The van der Waals surface area contributed by atoms with Crippen molar-refractivity contribution in [1.82, 2.24) is 19.9 Å². The molecule has 0 radical (unpaired) electrons. The van der Waals surface area contributed by atoms with Crippen molar-refractivity contribution in [3.8, 4) is 22.8 Å². The number of aromatic nitrogens is 4. The molecule has 176 valence electrons. The van der Waals surface area contributed by atoms with E-state index in [0.717, 1.165) is 50.2 Å². The minimum absolute atomic E-state index is 0.0301. The molecule has 3 N–H and O–H groups in total. The van der Waals surface area contributed by atoms with E-state index in [4.69, 9.17) is 4.98 Å². The van der Waals surface area contributed by atoms with Crippen LogP contribution >= 0.6 is 0 Å². The van der Waals surface area contributed by atoms with Gasteiger partial charge in [-0.1, -0.05) is 12.1 Å². The number of phenols is 2. The fourth-order valence-electron chi connectivity index (χ4n) is 4.65. The Labute approximate surface area is 207 Å². The van der Waals surface area contributed by atoms with E-state index in [1.165, 1.54) is 18.2 Å². The van der Waals surface area contributed by atoms with Gasteiger partial charge >= 0.3 is 0 Å². The van der Waals surface area contributed by atoms with Gasteiger partial charge in [-0.2, -0.15) is 0 Å². The molecule has 5 aromatic rings. The fourth-order valence-corrected chi connectivity index (χ4v) is 4.65. The maximum Gasteiger partial charge on any atom is 0.138 e. The van der Waals surface area contributed by atoms with Crippen molar-refractivity contribution >= 4 is 34.2 Å². The van der Waals surface area contributed by atoms with E-state index in [2.05, 4.69) is 38.3 Å². The first kappa shape index (κ1) is 21.7. The Kier molecular flexibility index (Phi) is 5.26. The predicted octanol–water partition coefficient (Wildman–Crippen LogP) is 5.40. The number of aryl methyl sites for hydroxylation is 1. The van der Waals surface area contributed by atoms with Crippen LogP contribution in [-0.4, -0.2) is 36.4 Å². The largest absolute Gasteiger partial charge is 0.508 e. The number of hydrogen-bond acceptors (Lipinski definition) is 8. The molecule has 0 unspecified atom stereocenters. The average molecular weight is 475 g/mol. The van der Waals surface area contributed by atoms with Gasteiger partial charge in [-0.25, -0.2) is 15.0 Å². The third kappa shape index (κ3) is 3.88. The summed E-state index contributed by atoms with van der Waals surface area (Å²) >= 11 is 0. The Bertz CT molecular complexity index is 1640. The Morgan fingerprint density at radius 1 is 0.889 bits per heavy atom. The number of nitrogens with one attached hydrogen (secondary N) is 1. The highest BCUT2D eigenvalue weighted by molar-refractivity contribution is 5.96. The lowest BCUT2D eigenvalue weighted by molar-refractivity contribution is 0.451. The van der Waals surface area contributed by atoms with Crippen LogP contribution in [0, 0.1) is 6.92 Å². The van der Waals surface area contributed by atoms with Crippen LogP contribution in [0.25, 0.3) is 22.0 Å². The molecule has 0 amide bonds. The van der Waals surface area contributed by atoms with Gasteiger partial charge in [-0.3, -0.25) is 9.98 Å². The van der Waals surface area contributed by atoms with Gasteiger partial charge in [0, 0.05) is 66.3 Å². The third-order valence-electron chi connectivity index (χ3n) is 6.35. The molecule has 0 bridgehead atoms. The highest BCUT2D eigenvalue weighted by Gasteiger charge is 2.19. The molecule has 0 atom stereocenters. The van der Waals surface area contributed by atoms with Crippen molar-refractivity contribution in [2.75, 3.05) is 5.32 Å². The number of anilines is 2. The molecule has 1 aliphatic rings. The summed E-state index contributed by atoms with van der Waals surface area (Å²) < 4.78 is 0. The Morgan fingerprint density at radius 2 is 1.75 bits per heavy atom. The summed E-state index contributed by atoms with van der Waals surface area (Å²) in [5.41, 5.74) is 7.18. The average Bonchev–Trinajstić information content (AvgIpc) is 3.35. The lowest BCUT2D eigenvalue weighted by atomic mass is 9.94. The van der Waals surface area contributed by atoms with Crippen LogP contribution in [0.2, 0.25) is 0 Å². The highest BCUT2D eigenvalue weighted by Crippen LogP contribution is 2.36. The standard InChI is InChI=1S/C28H22N6O2/c1-16-4-5-21-20(6-9-31-28(21)34-17-11-18(35)13-19(36)12-17)23(16)14-25-22(3-2-8-29-25)26-27-24(7-10-30-27)32-15-33-26/h2-6,8-13,15,35-36H,7,14H2,1H3,(H,31,34). The summed E-state index contributed by atoms with van der Waals surface area (Å²) in [6, 6.07) is 14.4. The van der Waals surface area contributed by atoms with Crippen LogP contribution in [0.4, 0.5) is 17.2 Å². The summed E-state index contributed by atoms with van der Waals surface area (Å²) in [6.07, 6.45) is 8.31. The van der Waals surface area contributed by atoms with Crippen molar-refractivity contribution < 1.29 is 10.2 Å². The minimum atomic E-state index is -0.0301. The van der Waals surface area contributed by atoms with Crippen molar-refractivity contribution in [3.05, 3.63) is 89.8 Å². The van der Waals surface area contributed by atoms with Crippen LogP contribution in [0.3, 0.4) is 0 Å². The molecular weight excluding hydrogens is 452 g/mol. The molecular formula is C28H22N6O2. The summed E-state index contributed by atoms with van der Waals surface area (Å²) in [5, 5.41) is 24.9. The topological polar surface area (TPSA) is 116 Å². The molecule has 4 heterocycles. The normalized spacial score (nSPS) is 12.1. The van der Waals surface area contributed by atoms with E-state index in [-0.39, 0.29) is 11.5 Å². The molecule has 0 aliphatic carbocycles. The molecule has 36 heavy (non-hydrogen) atoms. The fraction of sp³-hybridized carbons (Fsp3) is 0.107. The number of aromatic hydroxyl groups is 2. The number of pyridine rings is 2. The van der Waals surface area contributed by atoms with Crippen LogP contribution in [0.5, 0.6) is 11.5 Å². The number of fused-ring (bicyclic) bond motifs is 2. The van der Waals surface area contributed by atoms with E-state index in [1.54, 1.807) is 18.7 Å². The molecule has 0 fully saturated rings. The monoisotopic (exact) mass is 474 g/mol. The van der Waals surface area contributed by atoms with Gasteiger partial charge in [0.05, 0.1) is 11.4 Å². The number of rotatable bonds is 5. The predicted molar refractivity (Wildman–Crippen MR) is 139 cm³/mol. The molecule has 0 spiro atoms. The number of aliphatic imine (C=N–C) groups is 1. The maximum atomic E-state index is 9.86. The summed E-state index contributed by atoms with van der Waals surface area (Å²) in [5.74, 6) is 0.568. The maximum absolute atomic E-state index is 9.86. The Morgan fingerprint density at radius 3 is 2.61 bits per heavy atom. The quantitative estimate of drug-likeness (QED) is 0.312.